The van der Waals surface area contributed by atoms with Gasteiger partial charge in [0, 0.05) is 13.7 Å². The molecule has 16 heavy (non-hydrogen) atoms. The molecule has 1 aliphatic rings. The van der Waals surface area contributed by atoms with E-state index in [2.05, 4.69) is 6.92 Å². The van der Waals surface area contributed by atoms with Crippen molar-refractivity contribution in [1.29, 1.82) is 0 Å². The monoisotopic (exact) mass is 222 g/mol. The molecule has 88 valence electrons. The lowest BCUT2D eigenvalue weighted by Gasteiger charge is -2.45. The second-order valence-corrected chi connectivity index (χ2v) is 5.25. The van der Waals surface area contributed by atoms with E-state index < -0.39 is 0 Å². The lowest BCUT2D eigenvalue weighted by molar-refractivity contribution is 0.0599. The maximum absolute atomic E-state index is 13.2. The van der Waals surface area contributed by atoms with Crippen LogP contribution >= 0.6 is 0 Å². The zero-order valence-electron chi connectivity index (χ0n) is 10.2. The summed E-state index contributed by atoms with van der Waals surface area (Å²) in [6, 6.07) is 5.49. The molecule has 2 rings (SSSR count). The van der Waals surface area contributed by atoms with Crippen LogP contribution in [-0.4, -0.2) is 13.7 Å². The number of hydrogen-bond donors (Lipinski definition) is 0. The molecule has 0 heterocycles. The maximum Gasteiger partial charge on any atom is 0.126 e. The maximum atomic E-state index is 13.2. The summed E-state index contributed by atoms with van der Waals surface area (Å²) >= 11 is 0. The molecular weight excluding hydrogens is 203 g/mol. The standard InChI is InChI=1S/C14H19FO/c1-10-6-12(4-5-13(10)15)14(2)7-11(8-14)9-16-3/h4-6,11H,7-9H2,1-3H3. The fourth-order valence-electron chi connectivity index (χ4n) is 2.82. The van der Waals surface area contributed by atoms with Crippen molar-refractivity contribution in [3.05, 3.63) is 35.1 Å². The summed E-state index contributed by atoms with van der Waals surface area (Å²) in [5.41, 5.74) is 2.23. The van der Waals surface area contributed by atoms with Crippen LogP contribution in [-0.2, 0) is 10.2 Å². The van der Waals surface area contributed by atoms with Crippen LogP contribution in [0.25, 0.3) is 0 Å². The van der Waals surface area contributed by atoms with Crippen molar-refractivity contribution in [1.82, 2.24) is 0 Å². The molecule has 0 saturated heterocycles. The third kappa shape index (κ3) is 1.99. The summed E-state index contributed by atoms with van der Waals surface area (Å²) in [5, 5.41) is 0. The van der Waals surface area contributed by atoms with Gasteiger partial charge in [-0.05, 0) is 48.3 Å². The minimum Gasteiger partial charge on any atom is -0.384 e. The Bertz CT molecular complexity index is 380. The van der Waals surface area contributed by atoms with E-state index in [1.807, 2.05) is 19.1 Å². The highest BCUT2D eigenvalue weighted by Crippen LogP contribution is 2.47. The minimum atomic E-state index is -0.111. The molecular formula is C14H19FO. The van der Waals surface area contributed by atoms with Crippen molar-refractivity contribution in [3.63, 3.8) is 0 Å². The minimum absolute atomic E-state index is 0.111. The predicted molar refractivity (Wildman–Crippen MR) is 63.1 cm³/mol. The summed E-state index contributed by atoms with van der Waals surface area (Å²) in [7, 11) is 1.75. The van der Waals surface area contributed by atoms with Gasteiger partial charge >= 0.3 is 0 Å². The van der Waals surface area contributed by atoms with Crippen LogP contribution in [0.15, 0.2) is 18.2 Å². The molecule has 1 aliphatic carbocycles. The Morgan fingerprint density at radius 2 is 2.12 bits per heavy atom. The van der Waals surface area contributed by atoms with Crippen LogP contribution in [0.4, 0.5) is 4.39 Å². The Hall–Kier alpha value is -0.890. The summed E-state index contributed by atoms with van der Waals surface area (Å²) < 4.78 is 18.3. The van der Waals surface area contributed by atoms with E-state index in [0.717, 1.165) is 25.0 Å². The van der Waals surface area contributed by atoms with E-state index in [9.17, 15) is 4.39 Å². The molecule has 0 atom stereocenters. The highest BCUT2D eigenvalue weighted by molar-refractivity contribution is 5.32. The second kappa shape index (κ2) is 4.17. The van der Waals surface area contributed by atoms with E-state index in [4.69, 9.17) is 4.74 Å². The summed E-state index contributed by atoms with van der Waals surface area (Å²) in [6.45, 7) is 4.93. The van der Waals surface area contributed by atoms with Crippen LogP contribution in [0.2, 0.25) is 0 Å². The first kappa shape index (κ1) is 11.6. The number of methoxy groups -OCH3 is 1. The molecule has 1 saturated carbocycles. The molecule has 1 aromatic rings. The molecule has 1 fully saturated rings. The normalized spacial score (nSPS) is 28.9. The van der Waals surface area contributed by atoms with Gasteiger partial charge in [-0.1, -0.05) is 19.1 Å². The van der Waals surface area contributed by atoms with E-state index in [0.29, 0.717) is 5.92 Å². The fraction of sp³-hybridized carbons (Fsp3) is 0.571. The first-order valence-electron chi connectivity index (χ1n) is 5.81. The molecule has 0 amide bonds. The lowest BCUT2D eigenvalue weighted by Crippen LogP contribution is -2.40. The van der Waals surface area contributed by atoms with Gasteiger partial charge in [-0.3, -0.25) is 0 Å². The largest absolute Gasteiger partial charge is 0.384 e. The van der Waals surface area contributed by atoms with Gasteiger partial charge in [-0.15, -0.1) is 0 Å². The van der Waals surface area contributed by atoms with Gasteiger partial charge in [0.2, 0.25) is 0 Å². The van der Waals surface area contributed by atoms with Crippen molar-refractivity contribution < 1.29 is 9.13 Å². The first-order valence-corrected chi connectivity index (χ1v) is 5.81. The Morgan fingerprint density at radius 3 is 2.69 bits per heavy atom. The molecule has 0 N–H and O–H groups in total. The number of rotatable bonds is 3. The molecule has 0 radical (unpaired) electrons. The number of halogens is 1. The third-order valence-electron chi connectivity index (χ3n) is 3.74. The summed E-state index contributed by atoms with van der Waals surface area (Å²) in [4.78, 5) is 0. The SMILES string of the molecule is COCC1CC(C)(c2ccc(F)c(C)c2)C1. The zero-order valence-corrected chi connectivity index (χ0v) is 10.2. The van der Waals surface area contributed by atoms with E-state index in [1.54, 1.807) is 13.2 Å². The lowest BCUT2D eigenvalue weighted by atomic mass is 9.60. The Morgan fingerprint density at radius 1 is 1.44 bits per heavy atom. The van der Waals surface area contributed by atoms with Crippen LogP contribution in [0.1, 0.15) is 30.9 Å². The average Bonchev–Trinajstić information content (AvgIpc) is 2.20. The molecule has 0 aliphatic heterocycles. The third-order valence-corrected chi connectivity index (χ3v) is 3.74. The van der Waals surface area contributed by atoms with Crippen molar-refractivity contribution >= 4 is 0 Å². The highest BCUT2D eigenvalue weighted by Gasteiger charge is 2.41. The van der Waals surface area contributed by atoms with Gasteiger partial charge in [-0.2, -0.15) is 0 Å². The van der Waals surface area contributed by atoms with Crippen LogP contribution in [0.5, 0.6) is 0 Å². The first-order chi connectivity index (χ1) is 7.55. The molecule has 0 spiro atoms. The highest BCUT2D eigenvalue weighted by atomic mass is 19.1. The van der Waals surface area contributed by atoms with Crippen molar-refractivity contribution in [2.45, 2.75) is 32.1 Å². The fourth-order valence-corrected chi connectivity index (χ4v) is 2.82. The van der Waals surface area contributed by atoms with Crippen LogP contribution < -0.4 is 0 Å². The molecule has 0 aromatic heterocycles. The van der Waals surface area contributed by atoms with Crippen LogP contribution in [0.3, 0.4) is 0 Å². The van der Waals surface area contributed by atoms with Gasteiger partial charge in [0.25, 0.3) is 0 Å². The van der Waals surface area contributed by atoms with E-state index >= 15 is 0 Å². The molecule has 0 bridgehead atoms. The van der Waals surface area contributed by atoms with E-state index in [-0.39, 0.29) is 11.2 Å². The number of hydrogen-bond acceptors (Lipinski definition) is 1. The molecule has 2 heteroatoms. The van der Waals surface area contributed by atoms with Gasteiger partial charge in [0.1, 0.15) is 5.82 Å². The van der Waals surface area contributed by atoms with Gasteiger partial charge in [0.05, 0.1) is 0 Å². The Balaban J connectivity index is 2.11. The number of ether oxygens (including phenoxy) is 1. The number of benzene rings is 1. The number of aryl methyl sites for hydroxylation is 1. The predicted octanol–water partition coefficient (Wildman–Crippen LogP) is 3.45. The quantitative estimate of drug-likeness (QED) is 0.761. The van der Waals surface area contributed by atoms with Gasteiger partial charge in [0.15, 0.2) is 0 Å². The van der Waals surface area contributed by atoms with Crippen LogP contribution in [0, 0.1) is 18.7 Å². The van der Waals surface area contributed by atoms with Crippen molar-refractivity contribution in [3.8, 4) is 0 Å². The molecule has 1 aromatic carbocycles. The Labute approximate surface area is 96.6 Å². The van der Waals surface area contributed by atoms with Gasteiger partial charge < -0.3 is 4.74 Å². The van der Waals surface area contributed by atoms with Gasteiger partial charge in [-0.25, -0.2) is 4.39 Å². The van der Waals surface area contributed by atoms with Crippen molar-refractivity contribution in [2.75, 3.05) is 13.7 Å². The summed E-state index contributed by atoms with van der Waals surface area (Å²) in [5.74, 6) is 0.556. The smallest absolute Gasteiger partial charge is 0.126 e. The van der Waals surface area contributed by atoms with E-state index in [1.165, 1.54) is 5.56 Å². The second-order valence-electron chi connectivity index (χ2n) is 5.25. The zero-order chi connectivity index (χ0) is 11.8. The summed E-state index contributed by atoms with van der Waals surface area (Å²) in [6.07, 6.45) is 2.29. The topological polar surface area (TPSA) is 9.23 Å². The average molecular weight is 222 g/mol. The molecule has 1 nitrogen and oxygen atoms in total. The Kier molecular flexibility index (Phi) is 3.02. The van der Waals surface area contributed by atoms with Crippen molar-refractivity contribution in [2.24, 2.45) is 5.92 Å². The molecule has 0 unspecified atom stereocenters.